The molecule has 1 aromatic rings. The highest BCUT2D eigenvalue weighted by atomic mass is 32.2. The molecule has 1 heterocycles. The number of hydrogen-bond donors (Lipinski definition) is 1. The lowest BCUT2D eigenvalue weighted by atomic mass is 10.3. The molecule has 88 valence electrons. The van der Waals surface area contributed by atoms with E-state index < -0.39 is 31.8 Å². The van der Waals surface area contributed by atoms with Crippen LogP contribution in [0.1, 0.15) is 10.4 Å². The Hall–Kier alpha value is -1.64. The van der Waals surface area contributed by atoms with Gasteiger partial charge in [0.1, 0.15) is 0 Å². The highest BCUT2D eigenvalue weighted by Gasteiger charge is 2.49. The van der Waals surface area contributed by atoms with Gasteiger partial charge in [-0.1, -0.05) is 0 Å². The molecule has 0 bridgehead atoms. The van der Waals surface area contributed by atoms with Crippen molar-refractivity contribution < 1.29 is 26.4 Å². The molecular formula is C7H5F3N2O3S. The Labute approximate surface area is 88.0 Å². The molecule has 0 unspecified atom stereocenters. The maximum Gasteiger partial charge on any atom is 0.503 e. The number of aromatic nitrogens is 1. The van der Waals surface area contributed by atoms with Crippen molar-refractivity contribution in [2.45, 2.75) is 10.5 Å². The maximum atomic E-state index is 12.2. The summed E-state index contributed by atoms with van der Waals surface area (Å²) in [5, 5.41) is -1.38. The number of sulfone groups is 1. The molecule has 0 aliphatic carbocycles. The molecule has 0 aliphatic rings. The largest absolute Gasteiger partial charge is 0.503 e. The minimum absolute atomic E-state index is 0.792. The molecule has 0 saturated carbocycles. The van der Waals surface area contributed by atoms with E-state index in [1.807, 2.05) is 0 Å². The van der Waals surface area contributed by atoms with Crippen LogP contribution in [0.2, 0.25) is 0 Å². The van der Waals surface area contributed by atoms with E-state index in [1.165, 1.54) is 0 Å². The van der Waals surface area contributed by atoms with E-state index in [0.717, 1.165) is 18.3 Å². The van der Waals surface area contributed by atoms with E-state index in [-0.39, 0.29) is 0 Å². The van der Waals surface area contributed by atoms with Gasteiger partial charge in [-0.15, -0.1) is 0 Å². The van der Waals surface area contributed by atoms with E-state index in [4.69, 9.17) is 5.73 Å². The average Bonchev–Trinajstić information content (AvgIpc) is 2.16. The van der Waals surface area contributed by atoms with Gasteiger partial charge in [-0.2, -0.15) is 13.2 Å². The topological polar surface area (TPSA) is 90.1 Å². The van der Waals surface area contributed by atoms with E-state index in [1.54, 1.807) is 0 Å². The third kappa shape index (κ3) is 1.98. The van der Waals surface area contributed by atoms with Crippen LogP contribution in [0.25, 0.3) is 0 Å². The zero-order valence-electron chi connectivity index (χ0n) is 7.52. The highest BCUT2D eigenvalue weighted by molar-refractivity contribution is 7.92. The van der Waals surface area contributed by atoms with Gasteiger partial charge in [0.15, 0.2) is 5.03 Å². The predicted octanol–water partition coefficient (Wildman–Crippen LogP) is 0.474. The van der Waals surface area contributed by atoms with Crippen LogP contribution in [-0.4, -0.2) is 24.8 Å². The number of nitrogens with zero attached hydrogens (tertiary/aromatic N) is 1. The van der Waals surface area contributed by atoms with Crippen LogP contribution in [0, 0.1) is 0 Å². The summed E-state index contributed by atoms with van der Waals surface area (Å²) < 4.78 is 58.5. The number of nitrogens with two attached hydrogens (primary N) is 1. The van der Waals surface area contributed by atoms with Crippen LogP contribution in [0.5, 0.6) is 0 Å². The van der Waals surface area contributed by atoms with Gasteiger partial charge in [-0.3, -0.25) is 4.79 Å². The molecule has 1 amide bonds. The first-order valence-corrected chi connectivity index (χ1v) is 5.22. The first-order valence-electron chi connectivity index (χ1n) is 3.74. The Balaban J connectivity index is 3.52. The van der Waals surface area contributed by atoms with Crippen molar-refractivity contribution in [2.75, 3.05) is 0 Å². The number of amides is 1. The lowest BCUT2D eigenvalue weighted by Crippen LogP contribution is -2.27. The molecular weight excluding hydrogens is 249 g/mol. The number of alkyl halides is 3. The summed E-state index contributed by atoms with van der Waals surface area (Å²) in [4.78, 5) is 13.8. The molecule has 1 aromatic heterocycles. The first-order chi connectivity index (χ1) is 7.18. The lowest BCUT2D eigenvalue weighted by molar-refractivity contribution is -0.0438. The SMILES string of the molecule is NC(=O)c1cccnc1S(=O)(=O)C(F)(F)F. The Morgan fingerprint density at radius 2 is 1.94 bits per heavy atom. The monoisotopic (exact) mass is 254 g/mol. The second-order valence-corrected chi connectivity index (χ2v) is 4.53. The molecule has 0 fully saturated rings. The predicted molar refractivity (Wildman–Crippen MR) is 46.0 cm³/mol. The molecule has 0 aliphatic heterocycles. The minimum atomic E-state index is -5.66. The number of rotatable bonds is 2. The lowest BCUT2D eigenvalue weighted by Gasteiger charge is -2.09. The quantitative estimate of drug-likeness (QED) is 0.830. The summed E-state index contributed by atoms with van der Waals surface area (Å²) in [5.74, 6) is -1.30. The third-order valence-corrected chi connectivity index (χ3v) is 3.04. The van der Waals surface area contributed by atoms with Crippen molar-refractivity contribution in [3.05, 3.63) is 23.9 Å². The summed E-state index contributed by atoms with van der Waals surface area (Å²) in [7, 11) is -5.66. The van der Waals surface area contributed by atoms with Gasteiger partial charge in [-0.05, 0) is 12.1 Å². The molecule has 1 rings (SSSR count). The number of carbonyl (C=O) groups excluding carboxylic acids is 1. The van der Waals surface area contributed by atoms with Crippen molar-refractivity contribution >= 4 is 15.7 Å². The molecule has 2 N–H and O–H groups in total. The second kappa shape index (κ2) is 3.74. The maximum absolute atomic E-state index is 12.2. The fourth-order valence-corrected chi connectivity index (χ4v) is 1.78. The van der Waals surface area contributed by atoms with Crippen LogP contribution in [0.15, 0.2) is 23.4 Å². The average molecular weight is 254 g/mol. The summed E-state index contributed by atoms with van der Waals surface area (Å²) in [5.41, 5.74) is -1.57. The van der Waals surface area contributed by atoms with Crippen LogP contribution in [0.4, 0.5) is 13.2 Å². The Morgan fingerprint density at radius 3 is 2.38 bits per heavy atom. The van der Waals surface area contributed by atoms with Crippen molar-refractivity contribution in [2.24, 2.45) is 5.73 Å². The Kier molecular flexibility index (Phi) is 2.91. The summed E-state index contributed by atoms with van der Waals surface area (Å²) in [6, 6.07) is 1.96. The van der Waals surface area contributed by atoms with Gasteiger partial charge < -0.3 is 5.73 Å². The number of halogens is 3. The van der Waals surface area contributed by atoms with Gasteiger partial charge >= 0.3 is 5.51 Å². The molecule has 0 saturated heterocycles. The number of hydrogen-bond acceptors (Lipinski definition) is 4. The standard InChI is InChI=1S/C7H5F3N2O3S/c8-7(9,10)16(14,15)6-4(5(11)13)2-1-3-12-6/h1-3H,(H2,11,13). The van der Waals surface area contributed by atoms with E-state index in [0.29, 0.717) is 0 Å². The second-order valence-electron chi connectivity index (χ2n) is 2.67. The van der Waals surface area contributed by atoms with Crippen LogP contribution < -0.4 is 5.73 Å². The molecule has 0 aromatic carbocycles. The van der Waals surface area contributed by atoms with Crippen molar-refractivity contribution in [3.8, 4) is 0 Å². The minimum Gasteiger partial charge on any atom is -0.366 e. The Bertz CT molecular complexity index is 524. The van der Waals surface area contributed by atoms with E-state index in [2.05, 4.69) is 4.98 Å². The number of pyridine rings is 1. The first kappa shape index (κ1) is 12.4. The van der Waals surface area contributed by atoms with Crippen molar-refractivity contribution in [1.82, 2.24) is 4.98 Å². The number of primary amides is 1. The van der Waals surface area contributed by atoms with E-state index >= 15 is 0 Å². The highest BCUT2D eigenvalue weighted by Crippen LogP contribution is 2.30. The smallest absolute Gasteiger partial charge is 0.366 e. The molecule has 0 spiro atoms. The summed E-state index contributed by atoms with van der Waals surface area (Å²) in [6.45, 7) is 0. The number of carbonyl (C=O) groups is 1. The van der Waals surface area contributed by atoms with Gasteiger partial charge in [0.25, 0.3) is 15.7 Å². The van der Waals surface area contributed by atoms with Crippen molar-refractivity contribution in [3.63, 3.8) is 0 Å². The molecule has 16 heavy (non-hydrogen) atoms. The molecule has 0 radical (unpaired) electrons. The Morgan fingerprint density at radius 1 is 1.38 bits per heavy atom. The third-order valence-electron chi connectivity index (χ3n) is 1.60. The van der Waals surface area contributed by atoms with Gasteiger partial charge in [-0.25, -0.2) is 13.4 Å². The van der Waals surface area contributed by atoms with E-state index in [9.17, 15) is 26.4 Å². The molecule has 9 heteroatoms. The van der Waals surface area contributed by atoms with Crippen LogP contribution in [0.3, 0.4) is 0 Å². The van der Waals surface area contributed by atoms with Gasteiger partial charge in [0.2, 0.25) is 0 Å². The summed E-state index contributed by atoms with van der Waals surface area (Å²) >= 11 is 0. The zero-order valence-corrected chi connectivity index (χ0v) is 8.34. The molecule has 5 nitrogen and oxygen atoms in total. The van der Waals surface area contributed by atoms with Crippen molar-refractivity contribution in [1.29, 1.82) is 0 Å². The summed E-state index contributed by atoms with van der Waals surface area (Å²) in [6.07, 6.45) is 0.824. The normalized spacial score (nSPS) is 12.4. The van der Waals surface area contributed by atoms with Crippen LogP contribution in [-0.2, 0) is 9.84 Å². The van der Waals surface area contributed by atoms with Gasteiger partial charge in [0, 0.05) is 6.20 Å². The molecule has 0 atom stereocenters. The fourth-order valence-electron chi connectivity index (χ4n) is 0.902. The zero-order chi connectivity index (χ0) is 12.6. The van der Waals surface area contributed by atoms with Crippen LogP contribution >= 0.6 is 0 Å². The van der Waals surface area contributed by atoms with Gasteiger partial charge in [0.05, 0.1) is 5.56 Å². The fraction of sp³-hybridized carbons (Fsp3) is 0.143.